The van der Waals surface area contributed by atoms with Crippen molar-refractivity contribution in [1.82, 2.24) is 4.98 Å². The number of nitrogens with zero attached hydrogens (tertiary/aromatic N) is 1. The number of pyridine rings is 1. The molecule has 2 aromatic carbocycles. The number of aromatic nitrogens is 1. The maximum atomic E-state index is 13.9. The average molecular weight is 362 g/mol. The Hall–Kier alpha value is -2.87. The molecule has 6 nitrogen and oxygen atoms in total. The van der Waals surface area contributed by atoms with E-state index in [0.717, 1.165) is 6.07 Å². The van der Waals surface area contributed by atoms with Gasteiger partial charge in [-0.3, -0.25) is 9.71 Å². The third-order valence-electron chi connectivity index (χ3n) is 3.62. The highest BCUT2D eigenvalue weighted by Crippen LogP contribution is 2.32. The Morgan fingerprint density at radius 3 is 2.60 bits per heavy atom. The fourth-order valence-corrected chi connectivity index (χ4v) is 3.70. The summed E-state index contributed by atoms with van der Waals surface area (Å²) >= 11 is 0. The molecule has 0 amide bonds. The van der Waals surface area contributed by atoms with Gasteiger partial charge in [0.2, 0.25) is 0 Å². The highest BCUT2D eigenvalue weighted by molar-refractivity contribution is 7.93. The summed E-state index contributed by atoms with van der Waals surface area (Å²) in [4.78, 5) is 3.83. The third kappa shape index (κ3) is 3.20. The zero-order chi connectivity index (χ0) is 18.0. The zero-order valence-electron chi connectivity index (χ0n) is 13.5. The van der Waals surface area contributed by atoms with Crippen molar-refractivity contribution < 1.29 is 22.3 Å². The van der Waals surface area contributed by atoms with Gasteiger partial charge in [0.15, 0.2) is 0 Å². The average Bonchev–Trinajstić information content (AvgIpc) is 2.61. The van der Waals surface area contributed by atoms with E-state index in [1.165, 1.54) is 38.6 Å². The van der Waals surface area contributed by atoms with Gasteiger partial charge in [-0.1, -0.05) is 0 Å². The monoisotopic (exact) mass is 362 g/mol. The minimum atomic E-state index is -4.01. The predicted molar refractivity (Wildman–Crippen MR) is 92.1 cm³/mol. The van der Waals surface area contributed by atoms with Gasteiger partial charge in [0, 0.05) is 17.6 Å². The number of anilines is 1. The second-order valence-electron chi connectivity index (χ2n) is 5.12. The first-order valence-electron chi connectivity index (χ1n) is 7.24. The lowest BCUT2D eigenvalue weighted by Gasteiger charge is -2.14. The predicted octanol–water partition coefficient (Wildman–Crippen LogP) is 3.19. The van der Waals surface area contributed by atoms with E-state index in [0.29, 0.717) is 11.5 Å². The van der Waals surface area contributed by atoms with Crippen LogP contribution in [-0.4, -0.2) is 27.6 Å². The lowest BCUT2D eigenvalue weighted by molar-refractivity contribution is 0.405. The summed E-state index contributed by atoms with van der Waals surface area (Å²) in [7, 11) is -1.11. The number of benzene rings is 2. The van der Waals surface area contributed by atoms with Crippen LogP contribution in [0.4, 0.5) is 10.1 Å². The Morgan fingerprint density at radius 2 is 1.88 bits per heavy atom. The SMILES string of the molecule is COc1ccc(OC)c(NS(=O)(=O)c2ccc(F)c3ncccc23)c1. The van der Waals surface area contributed by atoms with E-state index < -0.39 is 15.8 Å². The van der Waals surface area contributed by atoms with Gasteiger partial charge >= 0.3 is 0 Å². The molecule has 1 N–H and O–H groups in total. The first-order chi connectivity index (χ1) is 12.0. The molecule has 0 aliphatic carbocycles. The number of nitrogens with one attached hydrogen (secondary N) is 1. The van der Waals surface area contributed by atoms with Gasteiger partial charge in [-0.15, -0.1) is 0 Å². The number of sulfonamides is 1. The van der Waals surface area contributed by atoms with Crippen LogP contribution in [0.25, 0.3) is 10.9 Å². The highest BCUT2D eigenvalue weighted by Gasteiger charge is 2.21. The summed E-state index contributed by atoms with van der Waals surface area (Å²) in [6, 6.07) is 10.1. The number of methoxy groups -OCH3 is 2. The largest absolute Gasteiger partial charge is 0.497 e. The van der Waals surface area contributed by atoms with E-state index in [9.17, 15) is 12.8 Å². The topological polar surface area (TPSA) is 77.5 Å². The van der Waals surface area contributed by atoms with Crippen LogP contribution in [0.15, 0.2) is 53.6 Å². The van der Waals surface area contributed by atoms with E-state index in [4.69, 9.17) is 9.47 Å². The lowest BCUT2D eigenvalue weighted by atomic mass is 10.2. The molecule has 0 atom stereocenters. The normalized spacial score (nSPS) is 11.3. The summed E-state index contributed by atoms with van der Waals surface area (Å²) in [5, 5.41) is 0.192. The summed E-state index contributed by atoms with van der Waals surface area (Å²) < 4.78 is 52.3. The maximum absolute atomic E-state index is 13.9. The van der Waals surface area contributed by atoms with Gasteiger partial charge in [0.05, 0.1) is 24.8 Å². The molecule has 0 saturated heterocycles. The Kier molecular flexibility index (Phi) is 4.45. The Balaban J connectivity index is 2.11. The molecule has 8 heteroatoms. The van der Waals surface area contributed by atoms with E-state index in [1.54, 1.807) is 18.2 Å². The number of fused-ring (bicyclic) bond motifs is 1. The van der Waals surface area contributed by atoms with Crippen molar-refractivity contribution in [3.8, 4) is 11.5 Å². The van der Waals surface area contributed by atoms with Crippen LogP contribution in [0.5, 0.6) is 11.5 Å². The van der Waals surface area contributed by atoms with E-state index in [2.05, 4.69) is 9.71 Å². The first-order valence-corrected chi connectivity index (χ1v) is 8.72. The lowest BCUT2D eigenvalue weighted by Crippen LogP contribution is -2.14. The Bertz CT molecular complexity index is 1040. The second-order valence-corrected chi connectivity index (χ2v) is 6.77. The van der Waals surface area contributed by atoms with Crippen molar-refractivity contribution >= 4 is 26.6 Å². The Labute approximate surface area is 144 Å². The van der Waals surface area contributed by atoms with Crippen molar-refractivity contribution in [1.29, 1.82) is 0 Å². The summed E-state index contributed by atoms with van der Waals surface area (Å²) in [6.45, 7) is 0. The number of ether oxygens (including phenoxy) is 2. The third-order valence-corrected chi connectivity index (χ3v) is 5.04. The quantitative estimate of drug-likeness (QED) is 0.754. The van der Waals surface area contributed by atoms with E-state index >= 15 is 0 Å². The molecule has 0 aliphatic rings. The van der Waals surface area contributed by atoms with Crippen molar-refractivity contribution in [3.05, 3.63) is 54.5 Å². The molecular weight excluding hydrogens is 347 g/mol. The maximum Gasteiger partial charge on any atom is 0.262 e. The molecule has 130 valence electrons. The molecule has 0 saturated carbocycles. The fraction of sp³-hybridized carbons (Fsp3) is 0.118. The van der Waals surface area contributed by atoms with Crippen LogP contribution in [0, 0.1) is 5.82 Å². The zero-order valence-corrected chi connectivity index (χ0v) is 14.3. The van der Waals surface area contributed by atoms with Crippen molar-refractivity contribution in [2.45, 2.75) is 4.90 Å². The number of hydrogen-bond acceptors (Lipinski definition) is 5. The van der Waals surface area contributed by atoms with Crippen molar-refractivity contribution in [3.63, 3.8) is 0 Å². The molecular formula is C17H15FN2O4S. The van der Waals surface area contributed by atoms with Gasteiger partial charge in [0.25, 0.3) is 10.0 Å². The van der Waals surface area contributed by atoms with Gasteiger partial charge in [-0.25, -0.2) is 12.8 Å². The summed E-state index contributed by atoms with van der Waals surface area (Å²) in [6.07, 6.45) is 1.40. The molecule has 1 heterocycles. The summed E-state index contributed by atoms with van der Waals surface area (Å²) in [5.74, 6) is 0.201. The molecule has 0 bridgehead atoms. The fourth-order valence-electron chi connectivity index (χ4n) is 2.44. The van der Waals surface area contributed by atoms with Crippen LogP contribution >= 0.6 is 0 Å². The first kappa shape index (κ1) is 17.0. The van der Waals surface area contributed by atoms with Gasteiger partial charge in [0.1, 0.15) is 22.8 Å². The Morgan fingerprint density at radius 1 is 1.08 bits per heavy atom. The number of hydrogen-bond donors (Lipinski definition) is 1. The number of rotatable bonds is 5. The molecule has 0 radical (unpaired) electrons. The standard InChI is InChI=1S/C17H15FN2O4S/c1-23-11-5-7-15(24-2)14(10-11)20-25(21,22)16-8-6-13(18)17-12(16)4-3-9-19-17/h3-10,20H,1-2H3. The molecule has 1 aromatic heterocycles. The van der Waals surface area contributed by atoms with Gasteiger partial charge < -0.3 is 9.47 Å². The molecule has 0 fully saturated rings. The van der Waals surface area contributed by atoms with Crippen LogP contribution in [0.1, 0.15) is 0 Å². The molecule has 0 spiro atoms. The molecule has 0 aliphatic heterocycles. The van der Waals surface area contributed by atoms with Crippen molar-refractivity contribution in [2.75, 3.05) is 18.9 Å². The highest BCUT2D eigenvalue weighted by atomic mass is 32.2. The van der Waals surface area contributed by atoms with Crippen molar-refractivity contribution in [2.24, 2.45) is 0 Å². The minimum Gasteiger partial charge on any atom is -0.497 e. The molecule has 25 heavy (non-hydrogen) atoms. The minimum absolute atomic E-state index is 0.0111. The van der Waals surface area contributed by atoms with Gasteiger partial charge in [-0.05, 0) is 36.4 Å². The smallest absolute Gasteiger partial charge is 0.262 e. The van der Waals surface area contributed by atoms with Crippen LogP contribution in [-0.2, 0) is 10.0 Å². The van der Waals surface area contributed by atoms with Gasteiger partial charge in [-0.2, -0.15) is 0 Å². The van der Waals surface area contributed by atoms with Crippen LogP contribution < -0.4 is 14.2 Å². The second kappa shape index (κ2) is 6.56. The summed E-state index contributed by atoms with van der Waals surface area (Å²) in [5.41, 5.74) is 0.200. The van der Waals surface area contributed by atoms with E-state index in [1.807, 2.05) is 0 Å². The molecule has 3 rings (SSSR count). The molecule has 3 aromatic rings. The van der Waals surface area contributed by atoms with E-state index in [-0.39, 0.29) is 21.5 Å². The number of halogens is 1. The van der Waals surface area contributed by atoms with Crippen LogP contribution in [0.3, 0.4) is 0 Å². The van der Waals surface area contributed by atoms with Crippen LogP contribution in [0.2, 0.25) is 0 Å². The molecule has 0 unspecified atom stereocenters.